The Labute approximate surface area is 190 Å². The van der Waals surface area contributed by atoms with Gasteiger partial charge in [-0.15, -0.1) is 5.10 Å². The number of carbonyl (C=O) groups is 3. The van der Waals surface area contributed by atoms with Crippen molar-refractivity contribution in [3.05, 3.63) is 65.7 Å². The van der Waals surface area contributed by atoms with E-state index < -0.39 is 17.1 Å². The van der Waals surface area contributed by atoms with Crippen LogP contribution < -0.4 is 10.6 Å². The molecular formula is C23H24N4O4S. The normalized spacial score (nSPS) is 17.7. The van der Waals surface area contributed by atoms with Gasteiger partial charge in [0.05, 0.1) is 11.3 Å². The number of nitrogens with zero attached hydrogens (tertiary/aromatic N) is 2. The molecular weight excluding hydrogens is 428 g/mol. The molecule has 0 aromatic heterocycles. The average molecular weight is 453 g/mol. The number of carbonyl (C=O) groups excluding carboxylic acids is 2. The highest BCUT2D eigenvalue weighted by atomic mass is 32.2. The Kier molecular flexibility index (Phi) is 8.15. The molecule has 1 unspecified atom stereocenters. The molecule has 1 aliphatic rings. The van der Waals surface area contributed by atoms with Crippen molar-refractivity contribution in [2.24, 2.45) is 10.2 Å². The van der Waals surface area contributed by atoms with Gasteiger partial charge in [0.1, 0.15) is 5.25 Å². The standard InChI is InChI=1S/C23H24N4O4S/c1-2-3-12-18(15-8-5-4-6-9-15)26-27-23-25-20(28)14-19(32-23)21(29)24-17-11-7-10-16(13-17)22(30)31/h4-11,13,19H,2-3,12,14H2,1H3,(H,24,29)(H,30,31)(H,25,27,28). The van der Waals surface area contributed by atoms with Gasteiger partial charge in [-0.05, 0) is 36.6 Å². The van der Waals surface area contributed by atoms with Gasteiger partial charge in [-0.3, -0.25) is 9.59 Å². The first-order valence-electron chi connectivity index (χ1n) is 10.3. The van der Waals surface area contributed by atoms with Crippen molar-refractivity contribution in [3.8, 4) is 0 Å². The van der Waals surface area contributed by atoms with Gasteiger partial charge in [0.25, 0.3) is 0 Å². The van der Waals surface area contributed by atoms with Gasteiger partial charge in [-0.2, -0.15) is 5.10 Å². The molecule has 8 nitrogen and oxygen atoms in total. The molecule has 0 radical (unpaired) electrons. The lowest BCUT2D eigenvalue weighted by Gasteiger charge is -2.21. The Morgan fingerprint density at radius 2 is 1.91 bits per heavy atom. The molecule has 0 saturated carbocycles. The summed E-state index contributed by atoms with van der Waals surface area (Å²) < 4.78 is 0. The largest absolute Gasteiger partial charge is 0.478 e. The molecule has 0 spiro atoms. The van der Waals surface area contributed by atoms with Crippen molar-refractivity contribution < 1.29 is 19.5 Å². The lowest BCUT2D eigenvalue weighted by molar-refractivity contribution is -0.123. The number of nitrogens with one attached hydrogen (secondary N) is 2. The molecule has 32 heavy (non-hydrogen) atoms. The number of carboxylic acids is 1. The molecule has 1 fully saturated rings. The minimum Gasteiger partial charge on any atom is -0.478 e. The van der Waals surface area contributed by atoms with Crippen molar-refractivity contribution in [2.45, 2.75) is 37.9 Å². The maximum atomic E-state index is 12.7. The molecule has 2 aromatic carbocycles. The van der Waals surface area contributed by atoms with Gasteiger partial charge < -0.3 is 15.7 Å². The SMILES string of the molecule is CCCCC(=NN=C1NC(=O)CC(C(=O)Nc2cccc(C(=O)O)c2)S1)c1ccccc1. The van der Waals surface area contributed by atoms with Gasteiger partial charge in [0.2, 0.25) is 11.8 Å². The zero-order valence-corrected chi connectivity index (χ0v) is 18.4. The van der Waals surface area contributed by atoms with Crippen LogP contribution in [-0.2, 0) is 9.59 Å². The van der Waals surface area contributed by atoms with Crippen LogP contribution >= 0.6 is 11.8 Å². The summed E-state index contributed by atoms with van der Waals surface area (Å²) in [6, 6.07) is 15.7. The van der Waals surface area contributed by atoms with Crippen LogP contribution in [0.4, 0.5) is 5.69 Å². The second-order valence-electron chi connectivity index (χ2n) is 7.16. The highest BCUT2D eigenvalue weighted by Crippen LogP contribution is 2.23. The molecule has 0 bridgehead atoms. The molecule has 3 rings (SSSR count). The monoisotopic (exact) mass is 452 g/mol. The van der Waals surface area contributed by atoms with Crippen molar-refractivity contribution in [2.75, 3.05) is 5.32 Å². The van der Waals surface area contributed by atoms with E-state index in [9.17, 15) is 14.4 Å². The van der Waals surface area contributed by atoms with Crippen molar-refractivity contribution in [3.63, 3.8) is 0 Å². The molecule has 1 atom stereocenters. The van der Waals surface area contributed by atoms with Crippen LogP contribution in [0.15, 0.2) is 64.8 Å². The Morgan fingerprint density at radius 1 is 1.16 bits per heavy atom. The second-order valence-corrected chi connectivity index (χ2v) is 8.35. The molecule has 3 N–H and O–H groups in total. The predicted octanol–water partition coefficient (Wildman–Crippen LogP) is 3.90. The Hall–Kier alpha value is -3.46. The number of unbranched alkanes of at least 4 members (excludes halogenated alkanes) is 1. The van der Waals surface area contributed by atoms with Crippen molar-refractivity contribution in [1.29, 1.82) is 0 Å². The third-order valence-electron chi connectivity index (χ3n) is 4.68. The number of benzene rings is 2. The fraction of sp³-hybridized carbons (Fsp3) is 0.261. The number of carboxylic acid groups (broad SMARTS) is 1. The number of thioether (sulfide) groups is 1. The first-order valence-corrected chi connectivity index (χ1v) is 11.1. The molecule has 166 valence electrons. The number of hydrogen-bond acceptors (Lipinski definition) is 6. The van der Waals surface area contributed by atoms with E-state index >= 15 is 0 Å². The first-order chi connectivity index (χ1) is 15.5. The number of rotatable bonds is 8. The summed E-state index contributed by atoms with van der Waals surface area (Å²) in [6.07, 6.45) is 2.71. The molecule has 1 heterocycles. The lowest BCUT2D eigenvalue weighted by atomic mass is 10.1. The summed E-state index contributed by atoms with van der Waals surface area (Å²) in [5.74, 6) is -1.82. The van der Waals surface area contributed by atoms with Crippen LogP contribution in [0.5, 0.6) is 0 Å². The van der Waals surface area contributed by atoms with Crippen molar-refractivity contribution >= 4 is 46.1 Å². The van der Waals surface area contributed by atoms with Gasteiger partial charge >= 0.3 is 5.97 Å². The zero-order valence-electron chi connectivity index (χ0n) is 17.6. The molecule has 1 saturated heterocycles. The van der Waals surface area contributed by atoms with Crippen LogP contribution in [0.2, 0.25) is 0 Å². The van der Waals surface area contributed by atoms with E-state index in [0.717, 1.165) is 42.3 Å². The lowest BCUT2D eigenvalue weighted by Crippen LogP contribution is -2.41. The maximum absolute atomic E-state index is 12.7. The van der Waals surface area contributed by atoms with Crippen molar-refractivity contribution in [1.82, 2.24) is 5.32 Å². The van der Waals surface area contributed by atoms with Gasteiger partial charge in [-0.25, -0.2) is 4.79 Å². The van der Waals surface area contributed by atoms with Gasteiger partial charge in [0.15, 0.2) is 5.17 Å². The average Bonchev–Trinajstić information content (AvgIpc) is 2.79. The Bertz CT molecular complexity index is 1050. The highest BCUT2D eigenvalue weighted by Gasteiger charge is 2.30. The number of amidine groups is 1. The number of aromatic carboxylic acids is 1. The van der Waals surface area contributed by atoms with E-state index in [2.05, 4.69) is 27.8 Å². The summed E-state index contributed by atoms with van der Waals surface area (Å²) in [5, 5.41) is 22.6. The Morgan fingerprint density at radius 3 is 2.62 bits per heavy atom. The third-order valence-corrected chi connectivity index (χ3v) is 5.75. The molecule has 9 heteroatoms. The maximum Gasteiger partial charge on any atom is 0.335 e. The fourth-order valence-electron chi connectivity index (χ4n) is 3.02. The minimum absolute atomic E-state index is 0.0147. The summed E-state index contributed by atoms with van der Waals surface area (Å²) in [7, 11) is 0. The van der Waals surface area contributed by atoms with Crippen LogP contribution in [-0.4, -0.2) is 39.0 Å². The van der Waals surface area contributed by atoms with E-state index in [-0.39, 0.29) is 23.1 Å². The van der Waals surface area contributed by atoms with E-state index in [1.54, 1.807) is 12.1 Å². The fourth-order valence-corrected chi connectivity index (χ4v) is 3.96. The van der Waals surface area contributed by atoms with E-state index in [1.165, 1.54) is 12.1 Å². The van der Waals surface area contributed by atoms with Crippen LogP contribution in [0.3, 0.4) is 0 Å². The van der Waals surface area contributed by atoms with Crippen LogP contribution in [0.1, 0.15) is 48.5 Å². The summed E-state index contributed by atoms with van der Waals surface area (Å²) >= 11 is 1.12. The predicted molar refractivity (Wildman–Crippen MR) is 126 cm³/mol. The second kappa shape index (κ2) is 11.2. The zero-order chi connectivity index (χ0) is 22.9. The quantitative estimate of drug-likeness (QED) is 0.414. The smallest absolute Gasteiger partial charge is 0.335 e. The molecule has 2 aromatic rings. The molecule has 2 amide bonds. The highest BCUT2D eigenvalue weighted by molar-refractivity contribution is 8.15. The number of hydrogen-bond donors (Lipinski definition) is 3. The number of amides is 2. The van der Waals surface area contributed by atoms with E-state index in [1.807, 2.05) is 30.3 Å². The summed E-state index contributed by atoms with van der Waals surface area (Å²) in [5.41, 5.74) is 2.19. The van der Waals surface area contributed by atoms with E-state index in [4.69, 9.17) is 5.11 Å². The van der Waals surface area contributed by atoms with Crippen LogP contribution in [0.25, 0.3) is 0 Å². The third kappa shape index (κ3) is 6.52. The van der Waals surface area contributed by atoms with Crippen LogP contribution in [0, 0.1) is 0 Å². The molecule has 1 aliphatic heterocycles. The summed E-state index contributed by atoms with van der Waals surface area (Å²) in [6.45, 7) is 2.10. The van der Waals surface area contributed by atoms with Gasteiger partial charge in [0, 0.05) is 12.1 Å². The minimum atomic E-state index is -1.09. The Balaban J connectivity index is 1.74. The first kappa shape index (κ1) is 23.2. The number of anilines is 1. The van der Waals surface area contributed by atoms with Gasteiger partial charge in [-0.1, -0.05) is 61.5 Å². The topological polar surface area (TPSA) is 120 Å². The molecule has 0 aliphatic carbocycles. The summed E-state index contributed by atoms with van der Waals surface area (Å²) in [4.78, 5) is 36.0. The van der Waals surface area contributed by atoms with E-state index in [0.29, 0.717) is 5.69 Å².